The van der Waals surface area contributed by atoms with E-state index in [4.69, 9.17) is 4.74 Å². The number of carbonyl (C=O) groups is 2. The molecule has 1 fully saturated rings. The molecule has 0 saturated heterocycles. The number of hydrogen-bond donors (Lipinski definition) is 3. The lowest BCUT2D eigenvalue weighted by molar-refractivity contribution is -0.137. The highest BCUT2D eigenvalue weighted by Gasteiger charge is 2.31. The average Bonchev–Trinajstić information content (AvgIpc) is 3.48. The Hall–Kier alpha value is -3.91. The van der Waals surface area contributed by atoms with Crippen LogP contribution in [0.2, 0.25) is 0 Å². The molecule has 0 aliphatic heterocycles. The third-order valence-corrected chi connectivity index (χ3v) is 6.42. The minimum Gasteiger partial charge on any atom is -0.381 e. The molecule has 5 rings (SSSR count). The van der Waals surface area contributed by atoms with E-state index in [1.54, 1.807) is 13.3 Å². The van der Waals surface area contributed by atoms with Gasteiger partial charge in [-0.3, -0.25) is 9.59 Å². The van der Waals surface area contributed by atoms with Crippen LogP contribution in [0.25, 0.3) is 27.7 Å². The van der Waals surface area contributed by atoms with Gasteiger partial charge in [0.15, 0.2) is 0 Å². The number of amides is 2. The van der Waals surface area contributed by atoms with Crippen molar-refractivity contribution in [3.05, 3.63) is 66.6 Å². The van der Waals surface area contributed by atoms with E-state index in [9.17, 15) is 9.59 Å². The smallest absolute Gasteiger partial charge is 0.313 e. The Morgan fingerprint density at radius 2 is 1.91 bits per heavy atom. The Morgan fingerprint density at radius 3 is 2.65 bits per heavy atom. The highest BCUT2D eigenvalue weighted by atomic mass is 16.5. The fraction of sp³-hybridized carbons (Fsp3) is 0.269. The molecule has 3 N–H and O–H groups in total. The summed E-state index contributed by atoms with van der Waals surface area (Å²) in [6.45, 7) is 2.13. The Morgan fingerprint density at radius 1 is 1.12 bits per heavy atom. The predicted octanol–water partition coefficient (Wildman–Crippen LogP) is 3.82. The average molecular weight is 458 g/mol. The monoisotopic (exact) mass is 457 g/mol. The maximum atomic E-state index is 12.5. The van der Waals surface area contributed by atoms with Crippen LogP contribution in [0, 0.1) is 0 Å². The Labute approximate surface area is 197 Å². The molecule has 1 saturated carbocycles. The summed E-state index contributed by atoms with van der Waals surface area (Å²) < 4.78 is 7.06. The molecule has 8 nitrogen and oxygen atoms in total. The Kier molecular flexibility index (Phi) is 5.90. The number of ether oxygens (including phenoxy) is 1. The number of hydrogen-bond acceptors (Lipinski definition) is 4. The lowest BCUT2D eigenvalue weighted by atomic mass is 9.89. The first-order valence-corrected chi connectivity index (χ1v) is 11.4. The van der Waals surface area contributed by atoms with Gasteiger partial charge in [0.05, 0.1) is 23.7 Å². The van der Waals surface area contributed by atoms with Crippen molar-refractivity contribution in [2.45, 2.75) is 38.3 Å². The summed E-state index contributed by atoms with van der Waals surface area (Å²) in [4.78, 5) is 27.9. The highest BCUT2D eigenvalue weighted by Crippen LogP contribution is 2.29. The number of rotatable bonds is 6. The van der Waals surface area contributed by atoms with Gasteiger partial charge >= 0.3 is 11.8 Å². The molecule has 0 bridgehead atoms. The minimum absolute atomic E-state index is 0.0208. The quantitative estimate of drug-likeness (QED) is 0.383. The van der Waals surface area contributed by atoms with E-state index in [-0.39, 0.29) is 12.1 Å². The van der Waals surface area contributed by atoms with Crippen LogP contribution >= 0.6 is 0 Å². The van der Waals surface area contributed by atoms with E-state index in [2.05, 4.69) is 51.9 Å². The molecular weight excluding hydrogens is 430 g/mol. The zero-order chi connectivity index (χ0) is 23.7. The van der Waals surface area contributed by atoms with Gasteiger partial charge in [0.1, 0.15) is 0 Å². The molecule has 1 aliphatic carbocycles. The van der Waals surface area contributed by atoms with Crippen LogP contribution in [-0.4, -0.2) is 45.8 Å². The van der Waals surface area contributed by atoms with E-state index in [1.165, 1.54) is 5.56 Å². The molecule has 0 radical (unpaired) electrons. The Bertz CT molecular complexity index is 1330. The molecule has 34 heavy (non-hydrogen) atoms. The van der Waals surface area contributed by atoms with E-state index >= 15 is 0 Å². The second-order valence-electron chi connectivity index (χ2n) is 8.61. The molecule has 2 aromatic carbocycles. The number of aryl methyl sites for hydroxylation is 1. The van der Waals surface area contributed by atoms with Gasteiger partial charge in [-0.1, -0.05) is 25.1 Å². The fourth-order valence-corrected chi connectivity index (χ4v) is 4.21. The molecule has 4 aromatic rings. The second kappa shape index (κ2) is 9.15. The standard InChI is InChI=1S/C26H27N5O3/c1-3-16-4-7-20(8-5-16)31-15-18(13-28-31)17-6-9-23-22(10-17)24(14-27-23)30-26(33)25(32)29-19-11-21(12-19)34-2/h4-10,13-15,19,21,27H,3,11-12H2,1-2H3,(H,29,32)(H,30,33). The maximum absolute atomic E-state index is 12.5. The third-order valence-electron chi connectivity index (χ3n) is 6.42. The zero-order valence-corrected chi connectivity index (χ0v) is 19.2. The predicted molar refractivity (Wildman–Crippen MR) is 131 cm³/mol. The Balaban J connectivity index is 1.32. The minimum atomic E-state index is -0.685. The van der Waals surface area contributed by atoms with Crippen molar-refractivity contribution < 1.29 is 14.3 Å². The van der Waals surface area contributed by atoms with Crippen molar-refractivity contribution in [3.63, 3.8) is 0 Å². The van der Waals surface area contributed by atoms with Crippen LogP contribution in [0.5, 0.6) is 0 Å². The molecule has 2 heterocycles. The van der Waals surface area contributed by atoms with E-state index in [0.29, 0.717) is 5.69 Å². The summed E-state index contributed by atoms with van der Waals surface area (Å²) >= 11 is 0. The number of nitrogens with one attached hydrogen (secondary N) is 3. The number of carbonyl (C=O) groups excluding carboxylic acids is 2. The normalized spacial score (nSPS) is 17.4. The first-order chi connectivity index (χ1) is 16.5. The topological polar surface area (TPSA) is 101 Å². The summed E-state index contributed by atoms with van der Waals surface area (Å²) in [5, 5.41) is 10.8. The SMILES string of the molecule is CCc1ccc(-n2cc(-c3ccc4[nH]cc(NC(=O)C(=O)NC5CC(OC)C5)c4c3)cn2)cc1. The maximum Gasteiger partial charge on any atom is 0.313 e. The number of nitrogens with zero attached hydrogens (tertiary/aromatic N) is 2. The number of methoxy groups -OCH3 is 1. The first-order valence-electron chi connectivity index (χ1n) is 11.4. The van der Waals surface area contributed by atoms with Crippen molar-refractivity contribution in [2.75, 3.05) is 12.4 Å². The number of aromatic nitrogens is 3. The largest absolute Gasteiger partial charge is 0.381 e. The summed E-state index contributed by atoms with van der Waals surface area (Å²) in [5.41, 5.74) is 5.61. The molecular formula is C26H27N5O3. The van der Waals surface area contributed by atoms with Crippen molar-refractivity contribution in [3.8, 4) is 16.8 Å². The van der Waals surface area contributed by atoms with Crippen molar-refractivity contribution in [1.82, 2.24) is 20.1 Å². The van der Waals surface area contributed by atoms with Crippen LogP contribution in [0.4, 0.5) is 5.69 Å². The van der Waals surface area contributed by atoms with E-state index in [1.807, 2.05) is 35.3 Å². The number of fused-ring (bicyclic) bond motifs is 1. The van der Waals surface area contributed by atoms with Gasteiger partial charge in [0, 0.05) is 42.0 Å². The van der Waals surface area contributed by atoms with Crippen molar-refractivity contribution >= 4 is 28.4 Å². The molecule has 8 heteroatoms. The number of benzene rings is 2. The van der Waals surface area contributed by atoms with Crippen LogP contribution in [0.15, 0.2) is 61.1 Å². The lowest BCUT2D eigenvalue weighted by Gasteiger charge is -2.34. The number of anilines is 1. The third kappa shape index (κ3) is 4.32. The summed E-state index contributed by atoms with van der Waals surface area (Å²) in [6.07, 6.45) is 8.09. The van der Waals surface area contributed by atoms with Gasteiger partial charge in [-0.15, -0.1) is 0 Å². The molecule has 0 atom stereocenters. The van der Waals surface area contributed by atoms with E-state index in [0.717, 1.165) is 47.0 Å². The van der Waals surface area contributed by atoms with Gasteiger partial charge < -0.3 is 20.4 Å². The molecule has 0 spiro atoms. The first kappa shape index (κ1) is 21.9. The molecule has 174 valence electrons. The number of H-pyrrole nitrogens is 1. The molecule has 2 amide bonds. The van der Waals surface area contributed by atoms with Gasteiger partial charge in [-0.05, 0) is 54.7 Å². The van der Waals surface area contributed by atoms with Crippen LogP contribution in [0.3, 0.4) is 0 Å². The fourth-order valence-electron chi connectivity index (χ4n) is 4.21. The van der Waals surface area contributed by atoms with Crippen molar-refractivity contribution in [1.29, 1.82) is 0 Å². The molecule has 0 unspecified atom stereocenters. The van der Waals surface area contributed by atoms with Gasteiger partial charge in [0.2, 0.25) is 0 Å². The lowest BCUT2D eigenvalue weighted by Crippen LogP contribution is -2.50. The molecule has 1 aliphatic rings. The van der Waals surface area contributed by atoms with Crippen LogP contribution in [0.1, 0.15) is 25.3 Å². The number of aromatic amines is 1. The van der Waals surface area contributed by atoms with E-state index < -0.39 is 11.8 Å². The van der Waals surface area contributed by atoms with Crippen LogP contribution in [-0.2, 0) is 20.7 Å². The summed E-state index contributed by atoms with van der Waals surface area (Å²) in [5.74, 6) is -1.32. The van der Waals surface area contributed by atoms with Gasteiger partial charge in [0.25, 0.3) is 0 Å². The van der Waals surface area contributed by atoms with Gasteiger partial charge in [-0.2, -0.15) is 5.10 Å². The second-order valence-corrected chi connectivity index (χ2v) is 8.61. The van der Waals surface area contributed by atoms with Crippen molar-refractivity contribution in [2.24, 2.45) is 0 Å². The van der Waals surface area contributed by atoms with Crippen LogP contribution < -0.4 is 10.6 Å². The van der Waals surface area contributed by atoms with Gasteiger partial charge in [-0.25, -0.2) is 4.68 Å². The summed E-state index contributed by atoms with van der Waals surface area (Å²) in [7, 11) is 1.65. The summed E-state index contributed by atoms with van der Waals surface area (Å²) in [6, 6.07) is 14.2. The highest BCUT2D eigenvalue weighted by molar-refractivity contribution is 6.40. The zero-order valence-electron chi connectivity index (χ0n) is 19.2. The molecule has 2 aromatic heterocycles.